The summed E-state index contributed by atoms with van der Waals surface area (Å²) in [6.07, 6.45) is 3.63. The molecule has 1 N–H and O–H groups in total. The number of nitrogens with zero attached hydrogens (tertiary/aromatic N) is 2. The third-order valence-electron chi connectivity index (χ3n) is 1.73. The second-order valence-electron chi connectivity index (χ2n) is 2.67. The quantitative estimate of drug-likeness (QED) is 0.911. The molecule has 0 bridgehead atoms. The standard InChI is InChI=1S/C9H8BrN3S/c1-11-9-12-3-6(4-13-9)8-2-7(10)5-14-8/h2-5H,1H3,(H,11,12,13). The lowest BCUT2D eigenvalue weighted by molar-refractivity contribution is 1.15. The van der Waals surface area contributed by atoms with Crippen LogP contribution in [0.25, 0.3) is 10.4 Å². The highest BCUT2D eigenvalue weighted by atomic mass is 79.9. The van der Waals surface area contributed by atoms with Crippen LogP contribution in [0.2, 0.25) is 0 Å². The van der Waals surface area contributed by atoms with Crippen molar-refractivity contribution in [2.75, 3.05) is 12.4 Å². The normalized spacial score (nSPS) is 10.1. The zero-order valence-electron chi connectivity index (χ0n) is 7.49. The molecule has 0 atom stereocenters. The van der Waals surface area contributed by atoms with Gasteiger partial charge in [0, 0.05) is 39.7 Å². The van der Waals surface area contributed by atoms with Crippen molar-refractivity contribution in [3.05, 3.63) is 28.3 Å². The fraction of sp³-hybridized carbons (Fsp3) is 0.111. The molecule has 0 radical (unpaired) electrons. The number of aromatic nitrogens is 2. The van der Waals surface area contributed by atoms with Crippen molar-refractivity contribution in [2.45, 2.75) is 0 Å². The van der Waals surface area contributed by atoms with E-state index in [2.05, 4.69) is 37.3 Å². The third-order valence-corrected chi connectivity index (χ3v) is 3.47. The molecule has 14 heavy (non-hydrogen) atoms. The van der Waals surface area contributed by atoms with Gasteiger partial charge in [0.05, 0.1) is 0 Å². The summed E-state index contributed by atoms with van der Waals surface area (Å²) in [5.74, 6) is 0.643. The van der Waals surface area contributed by atoms with Crippen molar-refractivity contribution < 1.29 is 0 Å². The van der Waals surface area contributed by atoms with Gasteiger partial charge in [-0.2, -0.15) is 0 Å². The number of hydrogen-bond acceptors (Lipinski definition) is 4. The van der Waals surface area contributed by atoms with Gasteiger partial charge < -0.3 is 5.32 Å². The summed E-state index contributed by atoms with van der Waals surface area (Å²) in [5.41, 5.74) is 1.04. The van der Waals surface area contributed by atoms with Crippen molar-refractivity contribution in [2.24, 2.45) is 0 Å². The number of thiophene rings is 1. The van der Waals surface area contributed by atoms with Crippen LogP contribution in [0.5, 0.6) is 0 Å². The number of anilines is 1. The van der Waals surface area contributed by atoms with E-state index in [-0.39, 0.29) is 0 Å². The number of hydrogen-bond donors (Lipinski definition) is 1. The van der Waals surface area contributed by atoms with Crippen LogP contribution in [-0.4, -0.2) is 17.0 Å². The SMILES string of the molecule is CNc1ncc(-c2cc(Br)cs2)cn1. The molecule has 2 heterocycles. The lowest BCUT2D eigenvalue weighted by Crippen LogP contribution is -1.94. The molecule has 0 aromatic carbocycles. The van der Waals surface area contributed by atoms with Crippen LogP contribution in [-0.2, 0) is 0 Å². The molecule has 0 fully saturated rings. The molecule has 0 aliphatic rings. The first-order chi connectivity index (χ1) is 6.79. The molecule has 0 saturated carbocycles. The summed E-state index contributed by atoms with van der Waals surface area (Å²) >= 11 is 5.08. The van der Waals surface area contributed by atoms with Crippen molar-refractivity contribution in [3.8, 4) is 10.4 Å². The second-order valence-corrected chi connectivity index (χ2v) is 4.50. The molecule has 0 aliphatic heterocycles. The topological polar surface area (TPSA) is 37.8 Å². The Labute approximate surface area is 94.4 Å². The van der Waals surface area contributed by atoms with Gasteiger partial charge in [0.2, 0.25) is 5.95 Å². The van der Waals surface area contributed by atoms with Crippen LogP contribution in [0.3, 0.4) is 0 Å². The van der Waals surface area contributed by atoms with Gasteiger partial charge in [0.25, 0.3) is 0 Å². The minimum atomic E-state index is 0.643. The molecule has 0 spiro atoms. The van der Waals surface area contributed by atoms with Gasteiger partial charge in [0.15, 0.2) is 0 Å². The Kier molecular flexibility index (Phi) is 2.79. The molecule has 0 saturated heterocycles. The van der Waals surface area contributed by atoms with E-state index in [4.69, 9.17) is 0 Å². The lowest BCUT2D eigenvalue weighted by atomic mass is 10.3. The van der Waals surface area contributed by atoms with Gasteiger partial charge in [0.1, 0.15) is 0 Å². The van der Waals surface area contributed by atoms with Crippen LogP contribution in [0.1, 0.15) is 0 Å². The maximum atomic E-state index is 4.15. The van der Waals surface area contributed by atoms with Crippen molar-refractivity contribution in [1.82, 2.24) is 9.97 Å². The van der Waals surface area contributed by atoms with Crippen LogP contribution >= 0.6 is 27.3 Å². The molecule has 72 valence electrons. The maximum absolute atomic E-state index is 4.15. The Balaban J connectivity index is 2.33. The highest BCUT2D eigenvalue weighted by molar-refractivity contribution is 9.10. The van der Waals surface area contributed by atoms with Gasteiger partial charge in [-0.15, -0.1) is 11.3 Å². The molecular formula is C9H8BrN3S. The van der Waals surface area contributed by atoms with Crippen LogP contribution < -0.4 is 5.32 Å². The molecule has 0 amide bonds. The second kappa shape index (κ2) is 4.06. The summed E-state index contributed by atoms with van der Waals surface area (Å²) in [5, 5.41) is 4.93. The maximum Gasteiger partial charge on any atom is 0.222 e. The van der Waals surface area contributed by atoms with Crippen molar-refractivity contribution in [1.29, 1.82) is 0 Å². The van der Waals surface area contributed by atoms with E-state index in [1.807, 2.05) is 17.8 Å². The predicted octanol–water partition coefficient (Wildman–Crippen LogP) is 3.01. The number of nitrogens with one attached hydrogen (secondary N) is 1. The van der Waals surface area contributed by atoms with Crippen LogP contribution in [0.4, 0.5) is 5.95 Å². The van der Waals surface area contributed by atoms with E-state index in [1.165, 1.54) is 4.88 Å². The summed E-state index contributed by atoms with van der Waals surface area (Å²) in [6, 6.07) is 2.06. The summed E-state index contributed by atoms with van der Waals surface area (Å²) in [6.45, 7) is 0. The third kappa shape index (κ3) is 1.93. The minimum Gasteiger partial charge on any atom is -0.357 e. The molecule has 2 aromatic rings. The molecular weight excluding hydrogens is 262 g/mol. The highest BCUT2D eigenvalue weighted by Crippen LogP contribution is 2.28. The Morgan fingerprint density at radius 2 is 2.07 bits per heavy atom. The molecule has 5 heteroatoms. The van der Waals surface area contributed by atoms with Gasteiger partial charge >= 0.3 is 0 Å². The Bertz CT molecular complexity index is 424. The van der Waals surface area contributed by atoms with Gasteiger partial charge in [-0.25, -0.2) is 9.97 Å². The molecule has 2 aromatic heterocycles. The first-order valence-electron chi connectivity index (χ1n) is 4.04. The van der Waals surface area contributed by atoms with E-state index < -0.39 is 0 Å². The predicted molar refractivity (Wildman–Crippen MR) is 62.6 cm³/mol. The number of rotatable bonds is 2. The Morgan fingerprint density at radius 3 is 2.57 bits per heavy atom. The van der Waals surface area contributed by atoms with Crippen LogP contribution in [0, 0.1) is 0 Å². The molecule has 0 aliphatic carbocycles. The zero-order valence-corrected chi connectivity index (χ0v) is 9.89. The van der Waals surface area contributed by atoms with Crippen LogP contribution in [0.15, 0.2) is 28.3 Å². The lowest BCUT2D eigenvalue weighted by Gasteiger charge is -1.98. The first kappa shape index (κ1) is 9.61. The van der Waals surface area contributed by atoms with E-state index in [1.54, 1.807) is 18.4 Å². The average molecular weight is 270 g/mol. The Morgan fingerprint density at radius 1 is 1.36 bits per heavy atom. The van der Waals surface area contributed by atoms with Gasteiger partial charge in [-0.1, -0.05) is 0 Å². The zero-order chi connectivity index (χ0) is 9.97. The first-order valence-corrected chi connectivity index (χ1v) is 5.71. The largest absolute Gasteiger partial charge is 0.357 e. The molecule has 3 nitrogen and oxygen atoms in total. The monoisotopic (exact) mass is 269 g/mol. The van der Waals surface area contributed by atoms with E-state index in [9.17, 15) is 0 Å². The van der Waals surface area contributed by atoms with E-state index >= 15 is 0 Å². The molecule has 2 rings (SSSR count). The van der Waals surface area contributed by atoms with Crippen molar-refractivity contribution >= 4 is 33.2 Å². The molecule has 0 unspecified atom stereocenters. The van der Waals surface area contributed by atoms with Gasteiger partial charge in [-0.3, -0.25) is 0 Å². The fourth-order valence-electron chi connectivity index (χ4n) is 1.05. The number of halogens is 1. The summed E-state index contributed by atoms with van der Waals surface area (Å²) < 4.78 is 1.09. The minimum absolute atomic E-state index is 0.643. The summed E-state index contributed by atoms with van der Waals surface area (Å²) in [7, 11) is 1.80. The highest BCUT2D eigenvalue weighted by Gasteiger charge is 2.02. The van der Waals surface area contributed by atoms with E-state index in [0.29, 0.717) is 5.95 Å². The van der Waals surface area contributed by atoms with Gasteiger partial charge in [-0.05, 0) is 22.0 Å². The fourth-order valence-corrected chi connectivity index (χ4v) is 2.45. The smallest absolute Gasteiger partial charge is 0.222 e. The summed E-state index contributed by atoms with van der Waals surface area (Å²) in [4.78, 5) is 9.47. The Hall–Kier alpha value is -0.940. The van der Waals surface area contributed by atoms with Crippen molar-refractivity contribution in [3.63, 3.8) is 0 Å². The van der Waals surface area contributed by atoms with E-state index in [0.717, 1.165) is 10.0 Å². The average Bonchev–Trinajstić information content (AvgIpc) is 2.65.